The molecule has 1 N–H and O–H groups in total. The van der Waals surface area contributed by atoms with Crippen LogP contribution in [-0.2, 0) is 0 Å². The maximum atomic E-state index is 4.58. The van der Waals surface area contributed by atoms with Crippen LogP contribution in [-0.4, -0.2) is 35.6 Å². The molecular formula is C11H18N4. The number of aromatic nitrogens is 2. The molecule has 0 atom stereocenters. The molecule has 2 rings (SSSR count). The van der Waals surface area contributed by atoms with Crippen molar-refractivity contribution in [3.63, 3.8) is 0 Å². The first-order valence-electron chi connectivity index (χ1n) is 5.50. The third-order valence-electron chi connectivity index (χ3n) is 2.86. The van der Waals surface area contributed by atoms with E-state index in [-0.39, 0.29) is 0 Å². The number of aryl methyl sites for hydroxylation is 2. The van der Waals surface area contributed by atoms with Crippen molar-refractivity contribution in [3.8, 4) is 0 Å². The molecule has 82 valence electrons. The molecule has 0 unspecified atom stereocenters. The van der Waals surface area contributed by atoms with Gasteiger partial charge in [0.05, 0.1) is 17.4 Å². The predicted molar refractivity (Wildman–Crippen MR) is 61.2 cm³/mol. The van der Waals surface area contributed by atoms with Crippen molar-refractivity contribution in [2.24, 2.45) is 0 Å². The van der Waals surface area contributed by atoms with E-state index < -0.39 is 0 Å². The first-order valence-corrected chi connectivity index (χ1v) is 5.50. The van der Waals surface area contributed by atoms with Crippen LogP contribution in [0.3, 0.4) is 0 Å². The second kappa shape index (κ2) is 4.14. The Morgan fingerprint density at radius 2 is 2.20 bits per heavy atom. The van der Waals surface area contributed by atoms with Crippen molar-refractivity contribution in [2.75, 3.05) is 24.5 Å². The molecule has 1 aliphatic heterocycles. The van der Waals surface area contributed by atoms with Crippen LogP contribution >= 0.6 is 0 Å². The molecule has 1 saturated heterocycles. The maximum Gasteiger partial charge on any atom is 0.150 e. The van der Waals surface area contributed by atoms with Gasteiger partial charge in [-0.05, 0) is 20.8 Å². The van der Waals surface area contributed by atoms with Crippen LogP contribution in [0.5, 0.6) is 0 Å². The largest absolute Gasteiger partial charge is 0.350 e. The molecule has 1 aliphatic rings. The van der Waals surface area contributed by atoms with Gasteiger partial charge in [-0.25, -0.2) is 4.98 Å². The van der Waals surface area contributed by atoms with Gasteiger partial charge in [-0.15, -0.1) is 0 Å². The van der Waals surface area contributed by atoms with Crippen molar-refractivity contribution in [1.29, 1.82) is 0 Å². The smallest absolute Gasteiger partial charge is 0.150 e. The van der Waals surface area contributed by atoms with Crippen molar-refractivity contribution in [3.05, 3.63) is 17.6 Å². The number of nitrogens with zero attached hydrogens (tertiary/aromatic N) is 3. The fourth-order valence-electron chi connectivity index (χ4n) is 1.87. The van der Waals surface area contributed by atoms with Gasteiger partial charge < -0.3 is 10.2 Å². The number of rotatable bonds is 3. The predicted octanol–water partition coefficient (Wildman–Crippen LogP) is 0.892. The molecule has 0 bridgehead atoms. The normalized spacial score (nSPS) is 16.2. The molecular weight excluding hydrogens is 188 g/mol. The van der Waals surface area contributed by atoms with E-state index in [0.717, 1.165) is 36.8 Å². The van der Waals surface area contributed by atoms with Crippen molar-refractivity contribution >= 4 is 5.82 Å². The van der Waals surface area contributed by atoms with Crippen molar-refractivity contribution < 1.29 is 0 Å². The summed E-state index contributed by atoms with van der Waals surface area (Å²) in [5.74, 6) is 1.05. The first kappa shape index (κ1) is 10.4. The molecule has 0 radical (unpaired) electrons. The Hall–Kier alpha value is -1.16. The Morgan fingerprint density at radius 3 is 2.73 bits per heavy atom. The van der Waals surface area contributed by atoms with Crippen LogP contribution in [0.1, 0.15) is 18.3 Å². The SMILES string of the molecule is CCN(c1nc(C)cnc1C)C1CNC1. The van der Waals surface area contributed by atoms with Crippen LogP contribution < -0.4 is 10.2 Å². The number of nitrogens with one attached hydrogen (secondary N) is 1. The minimum Gasteiger partial charge on any atom is -0.350 e. The molecule has 2 heterocycles. The summed E-state index contributed by atoms with van der Waals surface area (Å²) < 4.78 is 0. The van der Waals surface area contributed by atoms with Gasteiger partial charge >= 0.3 is 0 Å². The lowest BCUT2D eigenvalue weighted by molar-refractivity contribution is 0.414. The molecule has 0 amide bonds. The van der Waals surface area contributed by atoms with Crippen LogP contribution in [0, 0.1) is 13.8 Å². The molecule has 0 aliphatic carbocycles. The van der Waals surface area contributed by atoms with Gasteiger partial charge in [0.2, 0.25) is 0 Å². The molecule has 1 aromatic heterocycles. The summed E-state index contributed by atoms with van der Waals surface area (Å²) >= 11 is 0. The zero-order chi connectivity index (χ0) is 10.8. The fourth-order valence-corrected chi connectivity index (χ4v) is 1.87. The van der Waals surface area contributed by atoms with Crippen LogP contribution in [0.25, 0.3) is 0 Å². The number of hydrogen-bond donors (Lipinski definition) is 1. The minimum atomic E-state index is 0.588. The summed E-state index contributed by atoms with van der Waals surface area (Å²) in [7, 11) is 0. The lowest BCUT2D eigenvalue weighted by atomic mass is 10.1. The highest BCUT2D eigenvalue weighted by molar-refractivity contribution is 5.45. The molecule has 4 heteroatoms. The average molecular weight is 206 g/mol. The van der Waals surface area contributed by atoms with E-state index in [0.29, 0.717) is 6.04 Å². The fraction of sp³-hybridized carbons (Fsp3) is 0.636. The van der Waals surface area contributed by atoms with Gasteiger partial charge in [0, 0.05) is 25.8 Å². The summed E-state index contributed by atoms with van der Waals surface area (Å²) in [5.41, 5.74) is 2.01. The Kier molecular flexibility index (Phi) is 2.86. The van der Waals surface area contributed by atoms with Gasteiger partial charge in [-0.1, -0.05) is 0 Å². The monoisotopic (exact) mass is 206 g/mol. The molecule has 0 aromatic carbocycles. The highest BCUT2D eigenvalue weighted by Crippen LogP contribution is 2.19. The quantitative estimate of drug-likeness (QED) is 0.797. The van der Waals surface area contributed by atoms with Gasteiger partial charge in [-0.3, -0.25) is 4.98 Å². The van der Waals surface area contributed by atoms with Gasteiger partial charge in [0.15, 0.2) is 5.82 Å². The number of likely N-dealkylation sites (N-methyl/N-ethyl adjacent to an activating group) is 1. The van der Waals surface area contributed by atoms with Gasteiger partial charge in [0.25, 0.3) is 0 Å². The van der Waals surface area contributed by atoms with E-state index in [9.17, 15) is 0 Å². The maximum absolute atomic E-state index is 4.58. The molecule has 1 aromatic rings. The molecule has 0 saturated carbocycles. The van der Waals surface area contributed by atoms with E-state index in [1.54, 1.807) is 0 Å². The van der Waals surface area contributed by atoms with E-state index in [1.807, 2.05) is 20.0 Å². The lowest BCUT2D eigenvalue weighted by Crippen LogP contribution is -2.57. The summed E-state index contributed by atoms with van der Waals surface area (Å²) in [5, 5.41) is 3.29. The third kappa shape index (κ3) is 1.95. The molecule has 0 spiro atoms. The lowest BCUT2D eigenvalue weighted by Gasteiger charge is -2.38. The summed E-state index contributed by atoms with van der Waals surface area (Å²) in [6.45, 7) is 9.29. The highest BCUT2D eigenvalue weighted by Gasteiger charge is 2.25. The van der Waals surface area contributed by atoms with E-state index in [1.165, 1.54) is 0 Å². The first-order chi connectivity index (χ1) is 7.22. The minimum absolute atomic E-state index is 0.588. The number of hydrogen-bond acceptors (Lipinski definition) is 4. The zero-order valence-corrected chi connectivity index (χ0v) is 9.62. The zero-order valence-electron chi connectivity index (χ0n) is 9.62. The second-order valence-electron chi connectivity index (χ2n) is 4.02. The van der Waals surface area contributed by atoms with Crippen LogP contribution in [0.4, 0.5) is 5.82 Å². The Labute approximate surface area is 90.7 Å². The van der Waals surface area contributed by atoms with Crippen molar-refractivity contribution in [2.45, 2.75) is 26.8 Å². The second-order valence-corrected chi connectivity index (χ2v) is 4.02. The van der Waals surface area contributed by atoms with Gasteiger partial charge in [0.1, 0.15) is 0 Å². The van der Waals surface area contributed by atoms with Crippen LogP contribution in [0.15, 0.2) is 6.20 Å². The van der Waals surface area contributed by atoms with E-state index >= 15 is 0 Å². The molecule has 1 fully saturated rings. The summed E-state index contributed by atoms with van der Waals surface area (Å²) in [6.07, 6.45) is 1.83. The Bertz CT molecular complexity index is 346. The summed E-state index contributed by atoms with van der Waals surface area (Å²) in [6, 6.07) is 0.588. The Balaban J connectivity index is 2.28. The van der Waals surface area contributed by atoms with E-state index in [2.05, 4.69) is 27.1 Å². The standard InChI is InChI=1S/C11H18N4/c1-4-15(10-6-12-7-10)11-9(3)13-5-8(2)14-11/h5,10,12H,4,6-7H2,1-3H3. The Morgan fingerprint density at radius 1 is 1.47 bits per heavy atom. The molecule has 4 nitrogen and oxygen atoms in total. The molecule has 15 heavy (non-hydrogen) atoms. The number of anilines is 1. The van der Waals surface area contributed by atoms with Gasteiger partial charge in [-0.2, -0.15) is 0 Å². The topological polar surface area (TPSA) is 41.1 Å². The van der Waals surface area contributed by atoms with Crippen LogP contribution in [0.2, 0.25) is 0 Å². The van der Waals surface area contributed by atoms with Crippen molar-refractivity contribution in [1.82, 2.24) is 15.3 Å². The highest BCUT2D eigenvalue weighted by atomic mass is 15.3. The van der Waals surface area contributed by atoms with E-state index in [4.69, 9.17) is 0 Å². The third-order valence-corrected chi connectivity index (χ3v) is 2.86. The average Bonchev–Trinajstić information content (AvgIpc) is 2.15. The summed E-state index contributed by atoms with van der Waals surface area (Å²) in [4.78, 5) is 11.3.